The number of ether oxygens (including phenoxy) is 1. The smallest absolute Gasteiger partial charge is 0.271 e. The van der Waals surface area contributed by atoms with Gasteiger partial charge < -0.3 is 10.1 Å². The first-order valence-electron chi connectivity index (χ1n) is 11.2. The lowest BCUT2D eigenvalue weighted by atomic mass is 9.95. The molecule has 4 aromatic rings. The molecule has 0 bridgehead atoms. The second-order valence-corrected chi connectivity index (χ2v) is 10.5. The van der Waals surface area contributed by atoms with Gasteiger partial charge in [-0.1, -0.05) is 53.8 Å². The van der Waals surface area contributed by atoms with Gasteiger partial charge in [0, 0.05) is 9.26 Å². The van der Waals surface area contributed by atoms with Gasteiger partial charge in [-0.2, -0.15) is 0 Å². The highest BCUT2D eigenvalue weighted by Gasteiger charge is 2.32. The number of halogens is 1. The molecule has 0 saturated carbocycles. The summed E-state index contributed by atoms with van der Waals surface area (Å²) in [6, 6.07) is 24.0. The number of rotatable bonds is 5. The molecular formula is C28H22IN3O3S. The number of para-hydroxylation sites is 1. The maximum absolute atomic E-state index is 13.8. The summed E-state index contributed by atoms with van der Waals surface area (Å²) in [5.41, 5.74) is 3.16. The lowest BCUT2D eigenvalue weighted by Gasteiger charge is -2.25. The van der Waals surface area contributed by atoms with E-state index in [1.807, 2.05) is 91.9 Å². The third-order valence-corrected chi connectivity index (χ3v) is 7.51. The van der Waals surface area contributed by atoms with Gasteiger partial charge in [0.1, 0.15) is 5.75 Å². The zero-order chi connectivity index (χ0) is 25.2. The molecule has 1 atom stereocenters. The van der Waals surface area contributed by atoms with E-state index in [2.05, 4.69) is 27.9 Å². The van der Waals surface area contributed by atoms with Crippen LogP contribution in [0.25, 0.3) is 6.08 Å². The maximum Gasteiger partial charge on any atom is 0.271 e. The molecule has 0 saturated heterocycles. The lowest BCUT2D eigenvalue weighted by Crippen LogP contribution is -2.40. The molecule has 0 fully saturated rings. The minimum atomic E-state index is -0.655. The summed E-state index contributed by atoms with van der Waals surface area (Å²) >= 11 is 3.57. The molecule has 1 aliphatic rings. The highest BCUT2D eigenvalue weighted by atomic mass is 127. The third-order valence-electron chi connectivity index (χ3n) is 5.85. The van der Waals surface area contributed by atoms with E-state index in [0.29, 0.717) is 32.0 Å². The van der Waals surface area contributed by atoms with E-state index in [9.17, 15) is 9.59 Å². The van der Waals surface area contributed by atoms with Crippen molar-refractivity contribution in [2.75, 3.05) is 12.4 Å². The number of allylic oxidation sites excluding steroid dienone is 1. The normalized spacial score (nSPS) is 15.3. The van der Waals surface area contributed by atoms with Crippen molar-refractivity contribution in [3.8, 4) is 5.75 Å². The van der Waals surface area contributed by atoms with Gasteiger partial charge in [-0.25, -0.2) is 4.99 Å². The van der Waals surface area contributed by atoms with Gasteiger partial charge in [-0.05, 0) is 83.1 Å². The van der Waals surface area contributed by atoms with Crippen molar-refractivity contribution < 1.29 is 9.53 Å². The van der Waals surface area contributed by atoms with Crippen molar-refractivity contribution in [1.82, 2.24) is 4.57 Å². The van der Waals surface area contributed by atoms with Crippen molar-refractivity contribution in [3.63, 3.8) is 0 Å². The molecule has 2 heterocycles. The number of nitrogens with zero attached hydrogens (tertiary/aromatic N) is 2. The number of nitrogens with one attached hydrogen (secondary N) is 1. The molecule has 0 unspecified atom stereocenters. The Kier molecular flexibility index (Phi) is 6.88. The number of benzene rings is 3. The zero-order valence-electron chi connectivity index (χ0n) is 19.6. The van der Waals surface area contributed by atoms with E-state index >= 15 is 0 Å². The lowest BCUT2D eigenvalue weighted by molar-refractivity contribution is -0.113. The number of methoxy groups -OCH3 is 1. The van der Waals surface area contributed by atoms with Crippen molar-refractivity contribution in [2.24, 2.45) is 4.99 Å². The molecule has 0 spiro atoms. The highest BCUT2D eigenvalue weighted by molar-refractivity contribution is 14.1. The zero-order valence-corrected chi connectivity index (χ0v) is 22.5. The van der Waals surface area contributed by atoms with Crippen LogP contribution in [0.3, 0.4) is 0 Å². The average molecular weight is 607 g/mol. The number of amides is 1. The highest BCUT2D eigenvalue weighted by Crippen LogP contribution is 2.32. The van der Waals surface area contributed by atoms with Gasteiger partial charge in [0.15, 0.2) is 4.80 Å². The number of hydrogen-bond acceptors (Lipinski definition) is 5. The van der Waals surface area contributed by atoms with Gasteiger partial charge >= 0.3 is 0 Å². The summed E-state index contributed by atoms with van der Waals surface area (Å²) < 4.78 is 8.70. The summed E-state index contributed by atoms with van der Waals surface area (Å²) in [4.78, 5) is 32.6. The predicted octanol–water partition coefficient (Wildman–Crippen LogP) is 4.49. The van der Waals surface area contributed by atoms with E-state index in [4.69, 9.17) is 9.73 Å². The van der Waals surface area contributed by atoms with Crippen LogP contribution >= 0.6 is 33.9 Å². The Balaban J connectivity index is 1.69. The Bertz CT molecular complexity index is 1670. The number of hydrogen-bond donors (Lipinski definition) is 1. The van der Waals surface area contributed by atoms with Crippen molar-refractivity contribution in [3.05, 3.63) is 125 Å². The minimum Gasteiger partial charge on any atom is -0.497 e. The number of carbonyl (C=O) groups excluding carboxylic acids is 1. The molecule has 5 rings (SSSR count). The van der Waals surface area contributed by atoms with Gasteiger partial charge in [0.25, 0.3) is 11.5 Å². The van der Waals surface area contributed by atoms with Gasteiger partial charge in [0.05, 0.1) is 29.0 Å². The minimum absolute atomic E-state index is 0.192. The van der Waals surface area contributed by atoms with Crippen LogP contribution in [0.1, 0.15) is 24.1 Å². The van der Waals surface area contributed by atoms with Crippen molar-refractivity contribution in [1.29, 1.82) is 0 Å². The van der Waals surface area contributed by atoms with Crippen LogP contribution in [0.2, 0.25) is 0 Å². The number of fused-ring (bicyclic) bond motifs is 1. The quantitative estimate of drug-likeness (QED) is 0.340. The number of anilines is 1. The molecule has 6 nitrogen and oxygen atoms in total. The van der Waals surface area contributed by atoms with Crippen LogP contribution in [0.4, 0.5) is 5.69 Å². The fraction of sp³-hybridized carbons (Fsp3) is 0.107. The Morgan fingerprint density at radius 2 is 1.86 bits per heavy atom. The predicted molar refractivity (Wildman–Crippen MR) is 151 cm³/mol. The summed E-state index contributed by atoms with van der Waals surface area (Å²) in [5.74, 6) is 0.341. The Labute approximate surface area is 225 Å². The molecule has 0 radical (unpaired) electrons. The van der Waals surface area contributed by atoms with Crippen LogP contribution in [-0.4, -0.2) is 17.6 Å². The van der Waals surface area contributed by atoms with E-state index in [1.165, 1.54) is 11.3 Å². The van der Waals surface area contributed by atoms with Crippen LogP contribution < -0.4 is 24.9 Å². The van der Waals surface area contributed by atoms with E-state index < -0.39 is 6.04 Å². The molecule has 1 N–H and O–H groups in total. The summed E-state index contributed by atoms with van der Waals surface area (Å²) in [6.45, 7) is 1.81. The van der Waals surface area contributed by atoms with Gasteiger partial charge in [-0.3, -0.25) is 14.2 Å². The van der Waals surface area contributed by atoms with Crippen molar-refractivity contribution in [2.45, 2.75) is 13.0 Å². The molecule has 0 aliphatic carbocycles. The van der Waals surface area contributed by atoms with Crippen LogP contribution in [0, 0.1) is 3.57 Å². The first-order valence-corrected chi connectivity index (χ1v) is 13.1. The molecular weight excluding hydrogens is 585 g/mol. The van der Waals surface area contributed by atoms with Crippen LogP contribution in [0.5, 0.6) is 5.75 Å². The summed E-state index contributed by atoms with van der Waals surface area (Å²) in [7, 11) is 1.59. The van der Waals surface area contributed by atoms with E-state index in [1.54, 1.807) is 11.7 Å². The molecule has 8 heteroatoms. The second kappa shape index (κ2) is 10.2. The Morgan fingerprint density at radius 3 is 2.61 bits per heavy atom. The number of thiazole rings is 1. The van der Waals surface area contributed by atoms with Crippen LogP contribution in [0.15, 0.2) is 99.9 Å². The number of carbonyl (C=O) groups is 1. The third kappa shape index (κ3) is 4.78. The second-order valence-electron chi connectivity index (χ2n) is 8.23. The summed E-state index contributed by atoms with van der Waals surface area (Å²) in [5, 5.41) is 2.96. The SMILES string of the molecule is COc1cccc([C@H]2C(C(=O)Nc3ccccc3)=C(C)N=c3s/c(=C/c4cccc(I)c4)c(=O)n32)c1. The largest absolute Gasteiger partial charge is 0.497 e. The van der Waals surface area contributed by atoms with E-state index in [0.717, 1.165) is 14.7 Å². The first-order chi connectivity index (χ1) is 17.4. The summed E-state index contributed by atoms with van der Waals surface area (Å²) in [6.07, 6.45) is 1.87. The fourth-order valence-electron chi connectivity index (χ4n) is 4.21. The molecule has 1 aromatic heterocycles. The molecule has 180 valence electrons. The molecule has 1 aliphatic heterocycles. The van der Waals surface area contributed by atoms with Crippen molar-refractivity contribution >= 4 is 51.6 Å². The Morgan fingerprint density at radius 1 is 1.08 bits per heavy atom. The topological polar surface area (TPSA) is 72.7 Å². The fourth-order valence-corrected chi connectivity index (χ4v) is 5.82. The molecule has 3 aromatic carbocycles. The van der Waals surface area contributed by atoms with E-state index in [-0.39, 0.29) is 11.5 Å². The standard InChI is InChI=1S/C28H22IN3O3S/c1-17-24(26(33)31-21-11-4-3-5-12-21)25(19-9-7-13-22(16-19)35-2)32-27(34)23(36-28(32)30-17)15-18-8-6-10-20(29)14-18/h3-16,25H,1-2H3,(H,31,33)/b23-15+/t25-/m0/s1. The Hall–Kier alpha value is -3.50. The number of aromatic nitrogens is 1. The average Bonchev–Trinajstić information content (AvgIpc) is 3.18. The monoisotopic (exact) mass is 607 g/mol. The van der Waals surface area contributed by atoms with Crippen LogP contribution in [-0.2, 0) is 4.79 Å². The van der Waals surface area contributed by atoms with Gasteiger partial charge in [0.2, 0.25) is 0 Å². The van der Waals surface area contributed by atoms with Gasteiger partial charge in [-0.15, -0.1) is 0 Å². The first kappa shape index (κ1) is 24.2. The molecule has 1 amide bonds. The maximum atomic E-state index is 13.8. The molecule has 36 heavy (non-hydrogen) atoms.